The lowest BCUT2D eigenvalue weighted by atomic mass is 10.1. The molecule has 0 spiro atoms. The molecule has 1 aromatic carbocycles. The van der Waals surface area contributed by atoms with Crippen molar-refractivity contribution in [3.63, 3.8) is 0 Å². The SMILES string of the molecule is CCCC(CC(=O)O)n1nnnc1-c1cc(Cl)ccc1C. The molecule has 6 nitrogen and oxygen atoms in total. The van der Waals surface area contributed by atoms with Gasteiger partial charge in [-0.1, -0.05) is 31.0 Å². The minimum Gasteiger partial charge on any atom is -0.481 e. The molecule has 7 heteroatoms. The van der Waals surface area contributed by atoms with Gasteiger partial charge < -0.3 is 5.11 Å². The van der Waals surface area contributed by atoms with Crippen molar-refractivity contribution < 1.29 is 9.90 Å². The lowest BCUT2D eigenvalue weighted by Gasteiger charge is -2.16. The number of benzene rings is 1. The van der Waals surface area contributed by atoms with E-state index in [1.807, 2.05) is 19.9 Å². The van der Waals surface area contributed by atoms with Gasteiger partial charge in [0.2, 0.25) is 0 Å². The monoisotopic (exact) mass is 308 g/mol. The Morgan fingerprint density at radius 1 is 1.48 bits per heavy atom. The second-order valence-electron chi connectivity index (χ2n) is 4.95. The van der Waals surface area contributed by atoms with Crippen molar-refractivity contribution in [1.29, 1.82) is 0 Å². The maximum Gasteiger partial charge on any atom is 0.305 e. The van der Waals surface area contributed by atoms with Gasteiger partial charge in [-0.3, -0.25) is 4.79 Å². The first-order valence-corrected chi connectivity index (χ1v) is 7.17. The van der Waals surface area contributed by atoms with E-state index >= 15 is 0 Å². The largest absolute Gasteiger partial charge is 0.481 e. The first kappa shape index (κ1) is 15.4. The van der Waals surface area contributed by atoms with E-state index in [2.05, 4.69) is 15.5 Å². The summed E-state index contributed by atoms with van der Waals surface area (Å²) in [7, 11) is 0. The third kappa shape index (κ3) is 3.58. The molecule has 0 bridgehead atoms. The fraction of sp³-hybridized carbons (Fsp3) is 0.429. The molecule has 1 N–H and O–H groups in total. The van der Waals surface area contributed by atoms with E-state index in [0.717, 1.165) is 17.5 Å². The van der Waals surface area contributed by atoms with E-state index in [0.29, 0.717) is 17.3 Å². The molecule has 1 unspecified atom stereocenters. The summed E-state index contributed by atoms with van der Waals surface area (Å²) in [6.45, 7) is 3.94. The van der Waals surface area contributed by atoms with Crippen LogP contribution in [0.5, 0.6) is 0 Å². The number of halogens is 1. The number of aromatic nitrogens is 4. The van der Waals surface area contributed by atoms with E-state index < -0.39 is 5.97 Å². The minimum atomic E-state index is -0.863. The Morgan fingerprint density at radius 3 is 2.90 bits per heavy atom. The Hall–Kier alpha value is -1.95. The van der Waals surface area contributed by atoms with Crippen LogP contribution in [0, 0.1) is 6.92 Å². The normalized spacial score (nSPS) is 12.3. The molecule has 1 aromatic heterocycles. The van der Waals surface area contributed by atoms with Crippen molar-refractivity contribution in [2.24, 2.45) is 0 Å². The smallest absolute Gasteiger partial charge is 0.305 e. The number of aliphatic carboxylic acids is 1. The van der Waals surface area contributed by atoms with E-state index in [-0.39, 0.29) is 12.5 Å². The van der Waals surface area contributed by atoms with Crippen molar-refractivity contribution in [2.45, 2.75) is 39.2 Å². The summed E-state index contributed by atoms with van der Waals surface area (Å²) in [5, 5.41) is 21.4. The summed E-state index contributed by atoms with van der Waals surface area (Å²) in [6, 6.07) is 5.22. The second kappa shape index (κ2) is 6.67. The number of hydrogen-bond acceptors (Lipinski definition) is 4. The molecule has 0 saturated heterocycles. The molecule has 0 radical (unpaired) electrons. The predicted octanol–water partition coefficient (Wildman–Crippen LogP) is 3.12. The molecule has 0 aliphatic rings. The molecule has 2 rings (SSSR count). The zero-order chi connectivity index (χ0) is 15.4. The number of hydrogen-bond donors (Lipinski definition) is 1. The molecule has 0 amide bonds. The van der Waals surface area contributed by atoms with Gasteiger partial charge in [-0.2, -0.15) is 0 Å². The minimum absolute atomic E-state index is 0.00844. The van der Waals surface area contributed by atoms with Crippen LogP contribution in [0.15, 0.2) is 18.2 Å². The van der Waals surface area contributed by atoms with Crippen LogP contribution in [0.25, 0.3) is 11.4 Å². The first-order chi connectivity index (χ1) is 10.0. The van der Waals surface area contributed by atoms with Gasteiger partial charge in [0.05, 0.1) is 12.5 Å². The number of tetrazole rings is 1. The third-order valence-corrected chi connectivity index (χ3v) is 3.55. The van der Waals surface area contributed by atoms with Crippen LogP contribution in [0.3, 0.4) is 0 Å². The highest BCUT2D eigenvalue weighted by Crippen LogP contribution is 2.28. The second-order valence-corrected chi connectivity index (χ2v) is 5.38. The highest BCUT2D eigenvalue weighted by atomic mass is 35.5. The van der Waals surface area contributed by atoms with Crippen LogP contribution < -0.4 is 0 Å². The summed E-state index contributed by atoms with van der Waals surface area (Å²) >= 11 is 6.04. The van der Waals surface area contributed by atoms with Gasteiger partial charge in [0.1, 0.15) is 0 Å². The maximum absolute atomic E-state index is 11.0. The van der Waals surface area contributed by atoms with Gasteiger partial charge in [-0.25, -0.2) is 4.68 Å². The lowest BCUT2D eigenvalue weighted by Crippen LogP contribution is -2.16. The standard InChI is InChI=1S/C14H17ClN4O2/c1-3-4-11(8-13(20)21)19-14(16-17-18-19)12-7-10(15)6-5-9(12)2/h5-7,11H,3-4,8H2,1-2H3,(H,20,21). The Balaban J connectivity index is 2.45. The predicted molar refractivity (Wildman–Crippen MR) is 79.2 cm³/mol. The molecule has 1 atom stereocenters. The average molecular weight is 309 g/mol. The van der Waals surface area contributed by atoms with E-state index in [4.69, 9.17) is 16.7 Å². The van der Waals surface area contributed by atoms with Crippen LogP contribution in [0.1, 0.15) is 37.8 Å². The molecule has 0 saturated carbocycles. The van der Waals surface area contributed by atoms with Crippen molar-refractivity contribution in [2.75, 3.05) is 0 Å². The lowest BCUT2D eigenvalue weighted by molar-refractivity contribution is -0.138. The van der Waals surface area contributed by atoms with Gasteiger partial charge in [0.15, 0.2) is 5.82 Å². The number of carbonyl (C=O) groups is 1. The fourth-order valence-electron chi connectivity index (χ4n) is 2.30. The summed E-state index contributed by atoms with van der Waals surface area (Å²) in [4.78, 5) is 11.0. The number of aryl methyl sites for hydroxylation is 1. The molecule has 2 aromatic rings. The number of carboxylic acid groups (broad SMARTS) is 1. The molecule has 0 fully saturated rings. The van der Waals surface area contributed by atoms with Crippen molar-refractivity contribution in [3.05, 3.63) is 28.8 Å². The van der Waals surface area contributed by atoms with Gasteiger partial charge >= 0.3 is 5.97 Å². The summed E-state index contributed by atoms with van der Waals surface area (Å²) in [5.74, 6) is -0.313. The van der Waals surface area contributed by atoms with E-state index in [9.17, 15) is 4.79 Å². The molecule has 0 aliphatic heterocycles. The topological polar surface area (TPSA) is 80.9 Å². The zero-order valence-electron chi connectivity index (χ0n) is 12.0. The van der Waals surface area contributed by atoms with Gasteiger partial charge in [0, 0.05) is 10.6 Å². The number of rotatable bonds is 6. The van der Waals surface area contributed by atoms with Crippen LogP contribution in [-0.2, 0) is 4.79 Å². The van der Waals surface area contributed by atoms with E-state index in [1.54, 1.807) is 16.8 Å². The maximum atomic E-state index is 11.0. The van der Waals surface area contributed by atoms with Gasteiger partial charge in [0.25, 0.3) is 0 Å². The molecule has 1 heterocycles. The fourth-order valence-corrected chi connectivity index (χ4v) is 2.47. The summed E-state index contributed by atoms with van der Waals surface area (Å²) < 4.78 is 1.59. The number of nitrogens with zero attached hydrogens (tertiary/aromatic N) is 4. The molecular formula is C14H17ClN4O2. The van der Waals surface area contributed by atoms with Gasteiger partial charge in [-0.05, 0) is 41.5 Å². The zero-order valence-corrected chi connectivity index (χ0v) is 12.7. The molecule has 21 heavy (non-hydrogen) atoms. The van der Waals surface area contributed by atoms with Crippen LogP contribution in [-0.4, -0.2) is 31.3 Å². The third-order valence-electron chi connectivity index (χ3n) is 3.31. The summed E-state index contributed by atoms with van der Waals surface area (Å²) in [5.41, 5.74) is 1.81. The summed E-state index contributed by atoms with van der Waals surface area (Å²) in [6.07, 6.45) is 1.54. The highest BCUT2D eigenvalue weighted by molar-refractivity contribution is 6.30. The quantitative estimate of drug-likeness (QED) is 0.886. The Bertz CT molecular complexity index is 642. The van der Waals surface area contributed by atoms with Crippen LogP contribution in [0.2, 0.25) is 5.02 Å². The van der Waals surface area contributed by atoms with Crippen LogP contribution in [0.4, 0.5) is 0 Å². The first-order valence-electron chi connectivity index (χ1n) is 6.79. The Morgan fingerprint density at radius 2 is 2.24 bits per heavy atom. The Kier molecular flexibility index (Phi) is 4.90. The molecular weight excluding hydrogens is 292 g/mol. The molecule has 0 aliphatic carbocycles. The van der Waals surface area contributed by atoms with Crippen molar-refractivity contribution >= 4 is 17.6 Å². The molecule has 112 valence electrons. The average Bonchev–Trinajstić information content (AvgIpc) is 2.89. The van der Waals surface area contributed by atoms with Crippen molar-refractivity contribution in [3.8, 4) is 11.4 Å². The van der Waals surface area contributed by atoms with E-state index in [1.165, 1.54) is 0 Å². The van der Waals surface area contributed by atoms with Gasteiger partial charge in [-0.15, -0.1) is 5.10 Å². The highest BCUT2D eigenvalue weighted by Gasteiger charge is 2.21. The number of carboxylic acids is 1. The Labute approximate surface area is 127 Å². The van der Waals surface area contributed by atoms with Crippen LogP contribution >= 0.6 is 11.6 Å². The van der Waals surface area contributed by atoms with Crippen molar-refractivity contribution in [1.82, 2.24) is 20.2 Å².